The van der Waals surface area contributed by atoms with Crippen molar-refractivity contribution >= 4 is 7.60 Å². The Morgan fingerprint density at radius 2 is 1.79 bits per heavy atom. The van der Waals surface area contributed by atoms with Gasteiger partial charge in [0, 0.05) is 0 Å². The summed E-state index contributed by atoms with van der Waals surface area (Å²) < 4.78 is 23.6. The summed E-state index contributed by atoms with van der Waals surface area (Å²) in [5, 5.41) is -1.78. The van der Waals surface area contributed by atoms with Gasteiger partial charge in [0.25, 0.3) is 0 Å². The Bertz CT molecular complexity index is 371. The molecule has 1 atom stereocenters. The van der Waals surface area contributed by atoms with Crippen molar-refractivity contribution in [3.63, 3.8) is 0 Å². The highest BCUT2D eigenvalue weighted by atomic mass is 31.2. The molecule has 0 unspecified atom stereocenters. The standard InChI is InChI=1S/C8H11FNO3P/c1-8(10,14(11,12)13)6-2-4-7(9)5-3-6/h2-5H,10H2,1H3,(H2,11,12,13)/t8-/m1/s1. The van der Waals surface area contributed by atoms with E-state index >= 15 is 0 Å². The lowest BCUT2D eigenvalue weighted by Gasteiger charge is -2.25. The minimum absolute atomic E-state index is 0.201. The van der Waals surface area contributed by atoms with Crippen molar-refractivity contribution in [2.24, 2.45) is 5.73 Å². The summed E-state index contributed by atoms with van der Waals surface area (Å²) in [6.45, 7) is 1.21. The quantitative estimate of drug-likeness (QED) is 0.651. The number of nitrogens with two attached hydrogens (primary N) is 1. The fraction of sp³-hybridized carbons (Fsp3) is 0.250. The average molecular weight is 219 g/mol. The highest BCUT2D eigenvalue weighted by Gasteiger charge is 2.40. The summed E-state index contributed by atoms with van der Waals surface area (Å²) in [5.41, 5.74) is 5.68. The maximum Gasteiger partial charge on any atom is 0.349 e. The molecule has 0 aliphatic carbocycles. The van der Waals surface area contributed by atoms with Crippen LogP contribution < -0.4 is 5.73 Å². The first kappa shape index (κ1) is 11.3. The van der Waals surface area contributed by atoms with E-state index in [4.69, 9.17) is 15.5 Å². The van der Waals surface area contributed by atoms with Gasteiger partial charge < -0.3 is 15.5 Å². The zero-order valence-electron chi connectivity index (χ0n) is 7.51. The summed E-state index contributed by atoms with van der Waals surface area (Å²) in [4.78, 5) is 17.9. The molecule has 1 aromatic rings. The molecule has 0 aliphatic rings. The van der Waals surface area contributed by atoms with Crippen molar-refractivity contribution in [1.29, 1.82) is 0 Å². The molecule has 0 fully saturated rings. The molecular weight excluding hydrogens is 208 g/mol. The predicted octanol–water partition coefficient (Wildman–Crippen LogP) is 1.13. The number of hydrogen-bond donors (Lipinski definition) is 3. The molecule has 4 nitrogen and oxygen atoms in total. The minimum atomic E-state index is -4.45. The first-order valence-corrected chi connectivity index (χ1v) is 5.47. The molecule has 14 heavy (non-hydrogen) atoms. The van der Waals surface area contributed by atoms with Crippen LogP contribution in [0.4, 0.5) is 4.39 Å². The molecule has 6 heteroatoms. The van der Waals surface area contributed by atoms with Crippen LogP contribution >= 0.6 is 7.60 Å². The Kier molecular flexibility index (Phi) is 2.78. The van der Waals surface area contributed by atoms with Crippen LogP contribution in [0.2, 0.25) is 0 Å². The highest BCUT2D eigenvalue weighted by molar-refractivity contribution is 7.53. The van der Waals surface area contributed by atoms with Gasteiger partial charge in [-0.3, -0.25) is 4.57 Å². The van der Waals surface area contributed by atoms with Gasteiger partial charge in [0.1, 0.15) is 11.1 Å². The molecule has 4 N–H and O–H groups in total. The molecule has 1 rings (SSSR count). The van der Waals surface area contributed by atoms with Crippen molar-refractivity contribution in [1.82, 2.24) is 0 Å². The summed E-state index contributed by atoms with van der Waals surface area (Å²) in [7, 11) is -4.45. The van der Waals surface area contributed by atoms with Gasteiger partial charge in [-0.1, -0.05) is 12.1 Å². The van der Waals surface area contributed by atoms with Crippen LogP contribution in [-0.2, 0) is 9.85 Å². The SMILES string of the molecule is C[C@](N)(c1ccc(F)cc1)P(=O)(O)O. The second kappa shape index (κ2) is 3.44. The van der Waals surface area contributed by atoms with Crippen molar-refractivity contribution in [3.05, 3.63) is 35.6 Å². The van der Waals surface area contributed by atoms with Gasteiger partial charge in [-0.2, -0.15) is 0 Å². The van der Waals surface area contributed by atoms with E-state index in [0.29, 0.717) is 0 Å². The van der Waals surface area contributed by atoms with E-state index in [2.05, 4.69) is 0 Å². The third kappa shape index (κ3) is 2.01. The maximum atomic E-state index is 12.5. The summed E-state index contributed by atoms with van der Waals surface area (Å²) in [6, 6.07) is 4.73. The molecule has 1 aromatic carbocycles. The van der Waals surface area contributed by atoms with Gasteiger partial charge in [-0.25, -0.2) is 4.39 Å². The second-order valence-electron chi connectivity index (χ2n) is 3.20. The van der Waals surface area contributed by atoms with E-state index in [9.17, 15) is 8.96 Å². The van der Waals surface area contributed by atoms with E-state index in [0.717, 1.165) is 12.1 Å². The lowest BCUT2D eigenvalue weighted by Crippen LogP contribution is -2.32. The number of hydrogen-bond acceptors (Lipinski definition) is 2. The molecule has 0 spiro atoms. The Labute approximate surface area is 80.7 Å². The van der Waals surface area contributed by atoms with Crippen molar-refractivity contribution < 1.29 is 18.7 Å². The molecule has 0 saturated heterocycles. The zero-order chi connectivity index (χ0) is 11.0. The molecule has 0 radical (unpaired) electrons. The van der Waals surface area contributed by atoms with Crippen molar-refractivity contribution in [2.75, 3.05) is 0 Å². The lowest BCUT2D eigenvalue weighted by atomic mass is 10.1. The van der Waals surface area contributed by atoms with Gasteiger partial charge in [0.2, 0.25) is 0 Å². The minimum Gasteiger partial charge on any atom is -0.323 e. The van der Waals surface area contributed by atoms with Crippen LogP contribution in [-0.4, -0.2) is 9.79 Å². The third-order valence-electron chi connectivity index (χ3n) is 2.03. The molecule has 0 heterocycles. The summed E-state index contributed by atoms with van der Waals surface area (Å²) in [5.74, 6) is -0.477. The van der Waals surface area contributed by atoms with E-state index < -0.39 is 18.7 Å². The summed E-state index contributed by atoms with van der Waals surface area (Å²) in [6.07, 6.45) is 0. The zero-order valence-corrected chi connectivity index (χ0v) is 8.41. The van der Waals surface area contributed by atoms with Crippen LogP contribution in [0.3, 0.4) is 0 Å². The molecule has 0 aromatic heterocycles. The van der Waals surface area contributed by atoms with Gasteiger partial charge in [-0.15, -0.1) is 0 Å². The topological polar surface area (TPSA) is 83.6 Å². The normalized spacial score (nSPS) is 16.4. The first-order valence-electron chi connectivity index (χ1n) is 3.86. The van der Waals surface area contributed by atoms with E-state index in [1.165, 1.54) is 19.1 Å². The monoisotopic (exact) mass is 219 g/mol. The molecule has 0 aliphatic heterocycles. The largest absolute Gasteiger partial charge is 0.349 e. The average Bonchev–Trinajstić information content (AvgIpc) is 2.03. The first-order chi connectivity index (χ1) is 6.25. The highest BCUT2D eigenvalue weighted by Crippen LogP contribution is 2.52. The van der Waals surface area contributed by atoms with Crippen LogP contribution in [0.1, 0.15) is 12.5 Å². The molecule has 78 valence electrons. The molecule has 0 amide bonds. The Balaban J connectivity index is 3.17. The van der Waals surface area contributed by atoms with E-state index in [1.54, 1.807) is 0 Å². The maximum absolute atomic E-state index is 12.5. The van der Waals surface area contributed by atoms with E-state index in [-0.39, 0.29) is 5.56 Å². The van der Waals surface area contributed by atoms with Gasteiger partial charge in [-0.05, 0) is 24.6 Å². The van der Waals surface area contributed by atoms with Gasteiger partial charge in [0.05, 0.1) is 0 Å². The predicted molar refractivity (Wildman–Crippen MR) is 50.0 cm³/mol. The number of benzene rings is 1. The van der Waals surface area contributed by atoms with Crippen LogP contribution in [0.15, 0.2) is 24.3 Å². The molecule has 0 saturated carbocycles. The number of halogens is 1. The third-order valence-corrected chi connectivity index (χ3v) is 3.50. The summed E-state index contributed by atoms with van der Waals surface area (Å²) >= 11 is 0. The smallest absolute Gasteiger partial charge is 0.323 e. The second-order valence-corrected chi connectivity index (χ2v) is 5.22. The fourth-order valence-corrected chi connectivity index (χ4v) is 1.44. The Hall–Kier alpha value is -0.740. The van der Waals surface area contributed by atoms with Crippen LogP contribution in [0.25, 0.3) is 0 Å². The van der Waals surface area contributed by atoms with Gasteiger partial charge >= 0.3 is 7.60 Å². The van der Waals surface area contributed by atoms with Crippen molar-refractivity contribution in [2.45, 2.75) is 12.2 Å². The Morgan fingerprint density at radius 1 is 1.36 bits per heavy atom. The van der Waals surface area contributed by atoms with Crippen molar-refractivity contribution in [3.8, 4) is 0 Å². The molecular formula is C8H11FNO3P. The lowest BCUT2D eigenvalue weighted by molar-refractivity contribution is 0.333. The fourth-order valence-electron chi connectivity index (χ4n) is 0.955. The van der Waals surface area contributed by atoms with Gasteiger partial charge in [0.15, 0.2) is 0 Å². The van der Waals surface area contributed by atoms with E-state index in [1.807, 2.05) is 0 Å². The van der Waals surface area contributed by atoms with Crippen LogP contribution in [0.5, 0.6) is 0 Å². The Morgan fingerprint density at radius 3 is 2.14 bits per heavy atom. The molecule has 0 bridgehead atoms. The van der Waals surface area contributed by atoms with Crippen LogP contribution in [0, 0.1) is 5.82 Å². The number of rotatable bonds is 2.